The van der Waals surface area contributed by atoms with E-state index in [0.29, 0.717) is 13.1 Å². The highest BCUT2D eigenvalue weighted by Crippen LogP contribution is 2.38. The zero-order valence-corrected chi connectivity index (χ0v) is 17.7. The molecule has 0 saturated carbocycles. The number of benzene rings is 1. The Labute approximate surface area is 174 Å². The minimum absolute atomic E-state index is 0.141. The Morgan fingerprint density at radius 1 is 0.931 bits per heavy atom. The molecule has 2 amide bonds. The molecule has 158 valence electrons. The van der Waals surface area contributed by atoms with Crippen molar-refractivity contribution in [1.82, 2.24) is 19.6 Å². The van der Waals surface area contributed by atoms with Crippen LogP contribution in [-0.4, -0.2) is 89.8 Å². The molecule has 0 N–H and O–H groups in total. The predicted octanol–water partition coefficient (Wildman–Crippen LogP) is 1.81. The van der Waals surface area contributed by atoms with Crippen LogP contribution in [0, 0.1) is 0 Å². The molecule has 1 aromatic carbocycles. The van der Waals surface area contributed by atoms with Crippen molar-refractivity contribution >= 4 is 11.8 Å². The summed E-state index contributed by atoms with van der Waals surface area (Å²) in [4.78, 5) is 35.4. The first-order valence-corrected chi connectivity index (χ1v) is 11.1. The number of hydrogen-bond acceptors (Lipinski definition) is 4. The third kappa shape index (κ3) is 4.33. The largest absolute Gasteiger partial charge is 0.336 e. The summed E-state index contributed by atoms with van der Waals surface area (Å²) >= 11 is 0. The van der Waals surface area contributed by atoms with Crippen LogP contribution in [0.1, 0.15) is 37.7 Å². The van der Waals surface area contributed by atoms with E-state index in [1.165, 1.54) is 0 Å². The maximum Gasteiger partial charge on any atom is 0.248 e. The minimum atomic E-state index is -0.604. The summed E-state index contributed by atoms with van der Waals surface area (Å²) in [7, 11) is 2.14. The molecule has 0 bridgehead atoms. The smallest absolute Gasteiger partial charge is 0.248 e. The molecule has 3 fully saturated rings. The van der Waals surface area contributed by atoms with Gasteiger partial charge in [0.15, 0.2) is 0 Å². The molecule has 1 unspecified atom stereocenters. The van der Waals surface area contributed by atoms with Gasteiger partial charge in [0.2, 0.25) is 11.8 Å². The fourth-order valence-corrected chi connectivity index (χ4v) is 5.28. The summed E-state index contributed by atoms with van der Waals surface area (Å²) < 4.78 is 0. The molecule has 3 saturated heterocycles. The quantitative estimate of drug-likeness (QED) is 0.776. The first kappa shape index (κ1) is 20.4. The van der Waals surface area contributed by atoms with Gasteiger partial charge in [-0.1, -0.05) is 30.3 Å². The van der Waals surface area contributed by atoms with Gasteiger partial charge in [0.1, 0.15) is 5.54 Å². The molecule has 6 nitrogen and oxygen atoms in total. The average molecular weight is 399 g/mol. The van der Waals surface area contributed by atoms with Crippen molar-refractivity contribution in [3.63, 3.8) is 0 Å². The van der Waals surface area contributed by atoms with Crippen molar-refractivity contribution in [2.24, 2.45) is 0 Å². The molecular weight excluding hydrogens is 364 g/mol. The van der Waals surface area contributed by atoms with Gasteiger partial charge >= 0.3 is 0 Å². The van der Waals surface area contributed by atoms with Gasteiger partial charge in [0, 0.05) is 32.7 Å². The van der Waals surface area contributed by atoms with E-state index in [0.717, 1.165) is 76.9 Å². The standard InChI is InChI=1S/C23H34N4O2/c1-24-12-7-13-25(17-16-24)19-21(28)27-15-6-11-23(27)10-5-14-26(22(23)29)18-20-8-3-2-4-9-20/h2-4,8-9H,5-7,10-19H2,1H3. The Morgan fingerprint density at radius 3 is 2.48 bits per heavy atom. The van der Waals surface area contributed by atoms with Crippen LogP contribution < -0.4 is 0 Å². The predicted molar refractivity (Wildman–Crippen MR) is 113 cm³/mol. The van der Waals surface area contributed by atoms with Crippen LogP contribution in [0.3, 0.4) is 0 Å². The molecule has 3 aliphatic heterocycles. The van der Waals surface area contributed by atoms with Crippen LogP contribution in [0.15, 0.2) is 30.3 Å². The molecule has 4 rings (SSSR count). The number of amides is 2. The van der Waals surface area contributed by atoms with Gasteiger partial charge in [-0.3, -0.25) is 14.5 Å². The highest BCUT2D eigenvalue weighted by Gasteiger charge is 2.52. The second-order valence-electron chi connectivity index (χ2n) is 8.93. The Hall–Kier alpha value is -1.92. The second-order valence-corrected chi connectivity index (χ2v) is 8.93. The molecule has 0 aromatic heterocycles. The van der Waals surface area contributed by atoms with Crippen LogP contribution in [0.5, 0.6) is 0 Å². The van der Waals surface area contributed by atoms with E-state index in [9.17, 15) is 9.59 Å². The molecule has 1 spiro atoms. The lowest BCUT2D eigenvalue weighted by Gasteiger charge is -2.45. The maximum atomic E-state index is 13.6. The number of nitrogens with zero attached hydrogens (tertiary/aromatic N) is 4. The number of carbonyl (C=O) groups is 2. The Kier molecular flexibility index (Phi) is 6.20. The van der Waals surface area contributed by atoms with Gasteiger partial charge in [-0.25, -0.2) is 0 Å². The van der Waals surface area contributed by atoms with Gasteiger partial charge < -0.3 is 14.7 Å². The maximum absolute atomic E-state index is 13.6. The van der Waals surface area contributed by atoms with Crippen molar-refractivity contribution in [2.45, 2.75) is 44.2 Å². The molecule has 6 heteroatoms. The summed E-state index contributed by atoms with van der Waals surface area (Å²) in [6.45, 7) is 6.58. The van der Waals surface area contributed by atoms with Gasteiger partial charge in [-0.05, 0) is 57.8 Å². The zero-order valence-electron chi connectivity index (χ0n) is 17.7. The number of carbonyl (C=O) groups excluding carboxylic acids is 2. The fourth-order valence-electron chi connectivity index (χ4n) is 5.28. The summed E-state index contributed by atoms with van der Waals surface area (Å²) in [6.07, 6.45) is 4.62. The lowest BCUT2D eigenvalue weighted by atomic mass is 9.85. The van der Waals surface area contributed by atoms with Crippen LogP contribution in [0.25, 0.3) is 0 Å². The van der Waals surface area contributed by atoms with E-state index in [2.05, 4.69) is 29.0 Å². The number of hydrogen-bond donors (Lipinski definition) is 0. The van der Waals surface area contributed by atoms with Gasteiger partial charge in [0.05, 0.1) is 6.54 Å². The van der Waals surface area contributed by atoms with Gasteiger partial charge in [0.25, 0.3) is 0 Å². The number of likely N-dealkylation sites (N-methyl/N-ethyl adjacent to an activating group) is 1. The van der Waals surface area contributed by atoms with Crippen molar-refractivity contribution in [2.75, 3.05) is 52.9 Å². The van der Waals surface area contributed by atoms with E-state index in [1.54, 1.807) is 0 Å². The van der Waals surface area contributed by atoms with Crippen LogP contribution in [0.2, 0.25) is 0 Å². The molecular formula is C23H34N4O2. The molecule has 29 heavy (non-hydrogen) atoms. The monoisotopic (exact) mass is 398 g/mol. The number of likely N-dealkylation sites (tertiary alicyclic amines) is 2. The highest BCUT2D eigenvalue weighted by atomic mass is 16.2. The van der Waals surface area contributed by atoms with Gasteiger partial charge in [-0.2, -0.15) is 0 Å². The fraction of sp³-hybridized carbons (Fsp3) is 0.652. The minimum Gasteiger partial charge on any atom is -0.336 e. The molecule has 1 aromatic rings. The number of piperidine rings is 1. The molecule has 3 heterocycles. The summed E-state index contributed by atoms with van der Waals surface area (Å²) in [5.41, 5.74) is 0.551. The van der Waals surface area contributed by atoms with Crippen molar-refractivity contribution < 1.29 is 9.59 Å². The van der Waals surface area contributed by atoms with Crippen LogP contribution in [0.4, 0.5) is 0 Å². The Morgan fingerprint density at radius 2 is 1.69 bits per heavy atom. The van der Waals surface area contributed by atoms with Crippen LogP contribution >= 0.6 is 0 Å². The summed E-state index contributed by atoms with van der Waals surface area (Å²) in [6, 6.07) is 10.2. The van der Waals surface area contributed by atoms with E-state index in [-0.39, 0.29) is 11.8 Å². The lowest BCUT2D eigenvalue weighted by Crippen LogP contribution is -2.62. The Bertz CT molecular complexity index is 725. The van der Waals surface area contributed by atoms with E-state index >= 15 is 0 Å². The molecule has 3 aliphatic rings. The first-order chi connectivity index (χ1) is 14.1. The molecule has 1 atom stereocenters. The Balaban J connectivity index is 1.45. The third-order valence-corrected chi connectivity index (χ3v) is 6.88. The normalized spacial score (nSPS) is 26.9. The summed E-state index contributed by atoms with van der Waals surface area (Å²) in [5, 5.41) is 0. The topological polar surface area (TPSA) is 47.1 Å². The van der Waals surface area contributed by atoms with Crippen molar-refractivity contribution in [3.05, 3.63) is 35.9 Å². The van der Waals surface area contributed by atoms with E-state index < -0.39 is 5.54 Å². The number of rotatable bonds is 4. The average Bonchev–Trinajstić information content (AvgIpc) is 3.04. The third-order valence-electron chi connectivity index (χ3n) is 6.88. The first-order valence-electron chi connectivity index (χ1n) is 11.1. The highest BCUT2D eigenvalue weighted by molar-refractivity contribution is 5.93. The van der Waals surface area contributed by atoms with Crippen molar-refractivity contribution in [3.8, 4) is 0 Å². The lowest BCUT2D eigenvalue weighted by molar-refractivity contribution is -0.156. The molecule has 0 aliphatic carbocycles. The second kappa shape index (κ2) is 8.84. The SMILES string of the molecule is CN1CCCN(CC(=O)N2CCCC23CCCN(Cc2ccccc2)C3=O)CC1. The van der Waals surface area contributed by atoms with Crippen molar-refractivity contribution in [1.29, 1.82) is 0 Å². The summed E-state index contributed by atoms with van der Waals surface area (Å²) in [5.74, 6) is 0.302. The van der Waals surface area contributed by atoms with E-state index in [4.69, 9.17) is 0 Å². The zero-order chi connectivity index (χ0) is 20.3. The van der Waals surface area contributed by atoms with E-state index in [1.807, 2.05) is 28.0 Å². The van der Waals surface area contributed by atoms with Gasteiger partial charge in [-0.15, -0.1) is 0 Å². The van der Waals surface area contributed by atoms with Crippen LogP contribution in [-0.2, 0) is 16.1 Å². The molecule has 0 radical (unpaired) electrons.